The van der Waals surface area contributed by atoms with Gasteiger partial charge in [0.15, 0.2) is 0 Å². The molecule has 1 saturated heterocycles. The minimum Gasteiger partial charge on any atom is -0.377 e. The van der Waals surface area contributed by atoms with E-state index in [4.69, 9.17) is 4.74 Å². The fourth-order valence-corrected chi connectivity index (χ4v) is 1.69. The molecule has 1 aromatic rings. The minimum atomic E-state index is 0.442. The Hall–Kier alpha value is -0.870. The van der Waals surface area contributed by atoms with Gasteiger partial charge in [-0.15, -0.1) is 0 Å². The number of imidazole rings is 1. The third-order valence-corrected chi connectivity index (χ3v) is 2.49. The van der Waals surface area contributed by atoms with Crippen LogP contribution in [0.4, 0.5) is 0 Å². The molecule has 1 aliphatic heterocycles. The van der Waals surface area contributed by atoms with Crippen molar-refractivity contribution in [3.8, 4) is 0 Å². The Labute approximate surface area is 84.3 Å². The maximum absolute atomic E-state index is 5.70. The van der Waals surface area contributed by atoms with Crippen LogP contribution in [-0.4, -0.2) is 35.4 Å². The molecular formula is C10H17N3O. The summed E-state index contributed by atoms with van der Waals surface area (Å²) in [5, 5.41) is 3.29. The maximum atomic E-state index is 5.70. The molecule has 0 saturated carbocycles. The molecule has 1 fully saturated rings. The standard InChI is InChI=1S/C10H17N3O/c1(5-13-6-4-12-9-13)7-14-10-2-3-11-8-10/h4,6,9-11H,1-3,5,7-8H2. The maximum Gasteiger partial charge on any atom is 0.0945 e. The van der Waals surface area contributed by atoms with E-state index >= 15 is 0 Å². The van der Waals surface area contributed by atoms with E-state index in [9.17, 15) is 0 Å². The Morgan fingerprint density at radius 3 is 3.29 bits per heavy atom. The third kappa shape index (κ3) is 2.82. The van der Waals surface area contributed by atoms with Gasteiger partial charge < -0.3 is 14.6 Å². The first kappa shape index (κ1) is 9.68. The lowest BCUT2D eigenvalue weighted by atomic mass is 10.3. The first-order chi connectivity index (χ1) is 6.95. The van der Waals surface area contributed by atoms with Crippen LogP contribution in [0.1, 0.15) is 12.8 Å². The van der Waals surface area contributed by atoms with E-state index < -0.39 is 0 Å². The van der Waals surface area contributed by atoms with Crippen molar-refractivity contribution in [2.24, 2.45) is 0 Å². The van der Waals surface area contributed by atoms with Crippen molar-refractivity contribution >= 4 is 0 Å². The molecule has 2 rings (SSSR count). The first-order valence-corrected chi connectivity index (χ1v) is 5.23. The number of rotatable bonds is 5. The van der Waals surface area contributed by atoms with Gasteiger partial charge in [0, 0.05) is 32.1 Å². The molecular weight excluding hydrogens is 178 g/mol. The van der Waals surface area contributed by atoms with Crippen LogP contribution in [0.3, 0.4) is 0 Å². The number of aryl methyl sites for hydroxylation is 1. The van der Waals surface area contributed by atoms with Gasteiger partial charge in [-0.05, 0) is 19.4 Å². The Morgan fingerprint density at radius 2 is 2.57 bits per heavy atom. The molecule has 4 heteroatoms. The van der Waals surface area contributed by atoms with Crippen LogP contribution in [0.2, 0.25) is 0 Å². The summed E-state index contributed by atoms with van der Waals surface area (Å²) in [7, 11) is 0. The van der Waals surface area contributed by atoms with Crippen LogP contribution in [-0.2, 0) is 11.3 Å². The van der Waals surface area contributed by atoms with Crippen molar-refractivity contribution in [2.45, 2.75) is 25.5 Å². The molecule has 2 heterocycles. The molecule has 0 aliphatic carbocycles. The third-order valence-electron chi connectivity index (χ3n) is 2.49. The number of nitrogens with zero attached hydrogens (tertiary/aromatic N) is 2. The van der Waals surface area contributed by atoms with Gasteiger partial charge in [0.25, 0.3) is 0 Å². The summed E-state index contributed by atoms with van der Waals surface area (Å²) in [4.78, 5) is 3.99. The summed E-state index contributed by atoms with van der Waals surface area (Å²) < 4.78 is 7.78. The van der Waals surface area contributed by atoms with E-state index in [0.717, 1.165) is 39.1 Å². The molecule has 1 aliphatic rings. The molecule has 0 spiro atoms. The number of ether oxygens (including phenoxy) is 1. The molecule has 1 unspecified atom stereocenters. The van der Waals surface area contributed by atoms with Gasteiger partial charge in [0.1, 0.15) is 0 Å². The number of hydrogen-bond acceptors (Lipinski definition) is 3. The summed E-state index contributed by atoms with van der Waals surface area (Å²) in [6, 6.07) is 0. The zero-order valence-electron chi connectivity index (χ0n) is 8.35. The van der Waals surface area contributed by atoms with Crippen LogP contribution in [0.5, 0.6) is 0 Å². The predicted molar refractivity (Wildman–Crippen MR) is 54.1 cm³/mol. The lowest BCUT2D eigenvalue weighted by Gasteiger charge is -2.10. The zero-order chi connectivity index (χ0) is 9.64. The lowest BCUT2D eigenvalue weighted by Crippen LogP contribution is -2.17. The van der Waals surface area contributed by atoms with Crippen molar-refractivity contribution in [1.82, 2.24) is 14.9 Å². The summed E-state index contributed by atoms with van der Waals surface area (Å²) in [6.45, 7) is 3.97. The first-order valence-electron chi connectivity index (χ1n) is 5.23. The van der Waals surface area contributed by atoms with Crippen LogP contribution >= 0.6 is 0 Å². The van der Waals surface area contributed by atoms with Gasteiger partial charge in [-0.25, -0.2) is 4.98 Å². The van der Waals surface area contributed by atoms with Crippen molar-refractivity contribution in [3.63, 3.8) is 0 Å². The highest BCUT2D eigenvalue weighted by molar-refractivity contribution is 4.74. The van der Waals surface area contributed by atoms with Crippen molar-refractivity contribution < 1.29 is 4.74 Å². The summed E-state index contributed by atoms with van der Waals surface area (Å²) in [5.74, 6) is 0. The van der Waals surface area contributed by atoms with Gasteiger partial charge >= 0.3 is 0 Å². The van der Waals surface area contributed by atoms with Crippen LogP contribution in [0.25, 0.3) is 0 Å². The van der Waals surface area contributed by atoms with E-state index in [-0.39, 0.29) is 0 Å². The summed E-state index contributed by atoms with van der Waals surface area (Å²) in [6.07, 6.45) is 8.30. The molecule has 0 radical (unpaired) electrons. The summed E-state index contributed by atoms with van der Waals surface area (Å²) in [5.41, 5.74) is 0. The molecule has 0 bridgehead atoms. The highest BCUT2D eigenvalue weighted by Gasteiger charge is 2.13. The van der Waals surface area contributed by atoms with E-state index in [1.54, 1.807) is 0 Å². The van der Waals surface area contributed by atoms with E-state index in [2.05, 4.69) is 14.9 Å². The SMILES string of the molecule is c1cn(CCCOC2CCNC2)cn1. The second-order valence-electron chi connectivity index (χ2n) is 3.64. The van der Waals surface area contributed by atoms with Crippen molar-refractivity contribution in [1.29, 1.82) is 0 Å². The molecule has 1 aromatic heterocycles. The average Bonchev–Trinajstić information content (AvgIpc) is 2.86. The normalized spacial score (nSPS) is 21.6. The van der Waals surface area contributed by atoms with Crippen LogP contribution in [0.15, 0.2) is 18.7 Å². The monoisotopic (exact) mass is 195 g/mol. The Balaban J connectivity index is 1.55. The van der Waals surface area contributed by atoms with Gasteiger partial charge in [-0.1, -0.05) is 0 Å². The smallest absolute Gasteiger partial charge is 0.0945 e. The fraction of sp³-hybridized carbons (Fsp3) is 0.700. The predicted octanol–water partition coefficient (Wildman–Crippen LogP) is 0.652. The molecule has 1 N–H and O–H groups in total. The quantitative estimate of drug-likeness (QED) is 0.701. The van der Waals surface area contributed by atoms with Gasteiger partial charge in [-0.3, -0.25) is 0 Å². The lowest BCUT2D eigenvalue weighted by molar-refractivity contribution is 0.0634. The minimum absolute atomic E-state index is 0.442. The highest BCUT2D eigenvalue weighted by atomic mass is 16.5. The Bertz CT molecular complexity index is 242. The second kappa shape index (κ2) is 5.12. The van der Waals surface area contributed by atoms with Crippen molar-refractivity contribution in [2.75, 3.05) is 19.7 Å². The zero-order valence-corrected chi connectivity index (χ0v) is 8.35. The van der Waals surface area contributed by atoms with Gasteiger partial charge in [0.2, 0.25) is 0 Å². The summed E-state index contributed by atoms with van der Waals surface area (Å²) >= 11 is 0. The van der Waals surface area contributed by atoms with E-state index in [0.29, 0.717) is 6.10 Å². The molecule has 1 atom stereocenters. The molecule has 78 valence electrons. The Kier molecular flexibility index (Phi) is 3.54. The van der Waals surface area contributed by atoms with Crippen LogP contribution in [0, 0.1) is 0 Å². The average molecular weight is 195 g/mol. The Morgan fingerprint density at radius 1 is 1.57 bits per heavy atom. The molecule has 0 aromatic carbocycles. The van der Waals surface area contributed by atoms with Crippen LogP contribution < -0.4 is 5.32 Å². The highest BCUT2D eigenvalue weighted by Crippen LogP contribution is 2.03. The van der Waals surface area contributed by atoms with Gasteiger partial charge in [-0.2, -0.15) is 0 Å². The van der Waals surface area contributed by atoms with Gasteiger partial charge in [0.05, 0.1) is 12.4 Å². The molecule has 14 heavy (non-hydrogen) atoms. The van der Waals surface area contributed by atoms with E-state index in [1.165, 1.54) is 0 Å². The topological polar surface area (TPSA) is 39.1 Å². The fourth-order valence-electron chi connectivity index (χ4n) is 1.69. The van der Waals surface area contributed by atoms with E-state index in [1.807, 2.05) is 18.7 Å². The van der Waals surface area contributed by atoms with Crippen molar-refractivity contribution in [3.05, 3.63) is 18.7 Å². The second-order valence-corrected chi connectivity index (χ2v) is 3.64. The molecule has 0 amide bonds. The number of nitrogens with one attached hydrogen (secondary N) is 1. The largest absolute Gasteiger partial charge is 0.377 e. The molecule has 4 nitrogen and oxygen atoms in total. The number of hydrogen-bond donors (Lipinski definition) is 1. The number of aromatic nitrogens is 2.